The van der Waals surface area contributed by atoms with Gasteiger partial charge in [-0.25, -0.2) is 8.42 Å². The van der Waals surface area contributed by atoms with Crippen LogP contribution in [0.15, 0.2) is 47.4 Å². The topological polar surface area (TPSA) is 66.5 Å². The van der Waals surface area contributed by atoms with E-state index in [1.54, 1.807) is 13.8 Å². The number of sulfonamides is 1. The normalized spacial score (nSPS) is 12.0. The van der Waals surface area contributed by atoms with E-state index in [1.165, 1.54) is 29.6 Å². The predicted molar refractivity (Wildman–Crippen MR) is 110 cm³/mol. The average Bonchev–Trinajstić information content (AvgIpc) is 2.61. The number of anilines is 1. The summed E-state index contributed by atoms with van der Waals surface area (Å²) in [5, 5.41) is 2.96. The van der Waals surface area contributed by atoms with E-state index < -0.39 is 15.9 Å². The van der Waals surface area contributed by atoms with Gasteiger partial charge in [0.1, 0.15) is 0 Å². The van der Waals surface area contributed by atoms with Gasteiger partial charge in [-0.1, -0.05) is 37.6 Å². The molecule has 7 heteroatoms. The molecule has 0 unspecified atom stereocenters. The fourth-order valence-electron chi connectivity index (χ4n) is 2.43. The van der Waals surface area contributed by atoms with Gasteiger partial charge < -0.3 is 5.32 Å². The molecule has 0 fully saturated rings. The van der Waals surface area contributed by atoms with E-state index in [2.05, 4.69) is 19.2 Å². The molecule has 0 aliphatic carbocycles. The van der Waals surface area contributed by atoms with Crippen molar-refractivity contribution in [1.82, 2.24) is 4.31 Å². The van der Waals surface area contributed by atoms with Crippen LogP contribution < -0.4 is 5.32 Å². The zero-order chi connectivity index (χ0) is 20.4. The number of carbonyl (C=O) groups excluding carboxylic acids is 1. The lowest BCUT2D eigenvalue weighted by Crippen LogP contribution is -2.33. The van der Waals surface area contributed by atoms with Crippen LogP contribution in [0.3, 0.4) is 0 Å². The number of rotatable bonds is 6. The first-order chi connectivity index (χ1) is 12.5. The summed E-state index contributed by atoms with van der Waals surface area (Å²) in [5.74, 6) is -0.0643. The SMILES string of the molecule is CC(C)c1ccc(NC(=O)c2cc(S(=O)(=O)N(C)C(C)C)ccc2Cl)cc1. The van der Waals surface area contributed by atoms with Crippen molar-refractivity contribution in [3.63, 3.8) is 0 Å². The van der Waals surface area contributed by atoms with Crippen LogP contribution >= 0.6 is 11.6 Å². The van der Waals surface area contributed by atoms with Crippen LogP contribution in [0.4, 0.5) is 5.69 Å². The van der Waals surface area contributed by atoms with E-state index in [9.17, 15) is 13.2 Å². The maximum atomic E-state index is 12.7. The molecule has 0 saturated heterocycles. The first-order valence-corrected chi connectivity index (χ1v) is 10.5. The highest BCUT2D eigenvalue weighted by Crippen LogP contribution is 2.25. The highest BCUT2D eigenvalue weighted by atomic mass is 35.5. The molecule has 2 aromatic carbocycles. The summed E-state index contributed by atoms with van der Waals surface area (Å²) in [6.07, 6.45) is 0. The summed E-state index contributed by atoms with van der Waals surface area (Å²) in [7, 11) is -2.20. The van der Waals surface area contributed by atoms with Crippen LogP contribution in [0.2, 0.25) is 5.02 Å². The Morgan fingerprint density at radius 3 is 2.15 bits per heavy atom. The Morgan fingerprint density at radius 1 is 1.04 bits per heavy atom. The number of nitrogens with one attached hydrogen (secondary N) is 1. The number of amides is 1. The standard InChI is InChI=1S/C20H25ClN2O3S/c1-13(2)15-6-8-16(9-7-15)22-20(24)18-12-17(10-11-19(18)21)27(25,26)23(5)14(3)4/h6-14H,1-5H3,(H,22,24). The van der Waals surface area contributed by atoms with Gasteiger partial charge in [0.25, 0.3) is 5.91 Å². The van der Waals surface area contributed by atoms with Crippen molar-refractivity contribution >= 4 is 33.2 Å². The fourth-order valence-corrected chi connectivity index (χ4v) is 4.03. The van der Waals surface area contributed by atoms with E-state index >= 15 is 0 Å². The van der Waals surface area contributed by atoms with Crippen LogP contribution in [0.1, 0.15) is 49.5 Å². The smallest absolute Gasteiger partial charge is 0.257 e. The Labute approximate surface area is 166 Å². The summed E-state index contributed by atoms with van der Waals surface area (Å²) in [4.78, 5) is 12.7. The summed E-state index contributed by atoms with van der Waals surface area (Å²) in [6.45, 7) is 7.74. The molecule has 0 atom stereocenters. The number of benzene rings is 2. The van der Waals surface area contributed by atoms with Crippen LogP contribution in [0, 0.1) is 0 Å². The maximum absolute atomic E-state index is 12.7. The Bertz CT molecular complexity index is 923. The third-order valence-electron chi connectivity index (χ3n) is 4.42. The Hall–Kier alpha value is -1.89. The van der Waals surface area contributed by atoms with Crippen molar-refractivity contribution in [2.24, 2.45) is 0 Å². The van der Waals surface area contributed by atoms with E-state index in [4.69, 9.17) is 11.6 Å². The second-order valence-electron chi connectivity index (χ2n) is 6.99. The van der Waals surface area contributed by atoms with Crippen LogP contribution in [0.25, 0.3) is 0 Å². The monoisotopic (exact) mass is 408 g/mol. The van der Waals surface area contributed by atoms with E-state index in [1.807, 2.05) is 24.3 Å². The largest absolute Gasteiger partial charge is 0.322 e. The summed E-state index contributed by atoms with van der Waals surface area (Å²) in [5.41, 5.74) is 1.90. The van der Waals surface area contributed by atoms with Gasteiger partial charge in [0.2, 0.25) is 10.0 Å². The molecule has 146 valence electrons. The third-order valence-corrected chi connectivity index (χ3v) is 6.78. The van der Waals surface area contributed by atoms with Crippen molar-refractivity contribution in [1.29, 1.82) is 0 Å². The predicted octanol–water partition coefficient (Wildman–Crippen LogP) is 4.74. The molecular formula is C20H25ClN2O3S. The molecule has 1 amide bonds. The molecule has 0 radical (unpaired) electrons. The van der Waals surface area contributed by atoms with Gasteiger partial charge >= 0.3 is 0 Å². The van der Waals surface area contributed by atoms with E-state index in [0.717, 1.165) is 5.56 Å². The molecule has 1 N–H and O–H groups in total. The number of hydrogen-bond acceptors (Lipinski definition) is 3. The number of nitrogens with zero attached hydrogens (tertiary/aromatic N) is 1. The Morgan fingerprint density at radius 2 is 1.63 bits per heavy atom. The highest BCUT2D eigenvalue weighted by Gasteiger charge is 2.25. The molecule has 0 bridgehead atoms. The second-order valence-corrected chi connectivity index (χ2v) is 9.39. The first-order valence-electron chi connectivity index (χ1n) is 8.73. The molecule has 0 aliphatic heterocycles. The van der Waals surface area contributed by atoms with Gasteiger partial charge in [0.05, 0.1) is 15.5 Å². The lowest BCUT2D eigenvalue weighted by Gasteiger charge is -2.21. The highest BCUT2D eigenvalue weighted by molar-refractivity contribution is 7.89. The minimum Gasteiger partial charge on any atom is -0.322 e. The van der Waals surface area contributed by atoms with Gasteiger partial charge in [0, 0.05) is 18.8 Å². The lowest BCUT2D eigenvalue weighted by atomic mass is 10.0. The Kier molecular flexibility index (Phi) is 6.68. The maximum Gasteiger partial charge on any atom is 0.257 e. The zero-order valence-corrected chi connectivity index (χ0v) is 17.7. The molecule has 2 rings (SSSR count). The average molecular weight is 409 g/mol. The minimum absolute atomic E-state index is 0.0309. The molecule has 0 aromatic heterocycles. The lowest BCUT2D eigenvalue weighted by molar-refractivity contribution is 0.102. The number of hydrogen-bond donors (Lipinski definition) is 1. The molecule has 0 aliphatic rings. The van der Waals surface area contributed by atoms with Crippen molar-refractivity contribution in [2.75, 3.05) is 12.4 Å². The summed E-state index contributed by atoms with van der Waals surface area (Å²) in [6, 6.07) is 11.5. The van der Waals surface area contributed by atoms with E-state index in [-0.39, 0.29) is 21.5 Å². The minimum atomic E-state index is -3.70. The molecule has 0 spiro atoms. The molecule has 0 saturated carbocycles. The number of carbonyl (C=O) groups is 1. The van der Waals surface area contributed by atoms with Gasteiger partial charge in [-0.05, 0) is 55.7 Å². The van der Waals surface area contributed by atoms with Gasteiger partial charge in [-0.15, -0.1) is 0 Å². The molecule has 5 nitrogen and oxygen atoms in total. The molecule has 2 aromatic rings. The quantitative estimate of drug-likeness (QED) is 0.750. The summed E-state index contributed by atoms with van der Waals surface area (Å²) < 4.78 is 26.6. The van der Waals surface area contributed by atoms with Gasteiger partial charge in [0.15, 0.2) is 0 Å². The fraction of sp³-hybridized carbons (Fsp3) is 0.350. The van der Waals surface area contributed by atoms with Crippen molar-refractivity contribution in [3.05, 3.63) is 58.6 Å². The number of halogens is 1. The summed E-state index contributed by atoms with van der Waals surface area (Å²) >= 11 is 6.15. The van der Waals surface area contributed by atoms with Gasteiger partial charge in [-0.2, -0.15) is 4.31 Å². The third kappa shape index (κ3) is 4.89. The Balaban J connectivity index is 2.31. The van der Waals surface area contributed by atoms with Crippen molar-refractivity contribution in [3.8, 4) is 0 Å². The van der Waals surface area contributed by atoms with Gasteiger partial charge in [-0.3, -0.25) is 4.79 Å². The molecule has 0 heterocycles. The second kappa shape index (κ2) is 8.42. The first kappa shape index (κ1) is 21.4. The molecular weight excluding hydrogens is 384 g/mol. The van der Waals surface area contributed by atoms with Crippen molar-refractivity contribution < 1.29 is 13.2 Å². The van der Waals surface area contributed by atoms with Crippen LogP contribution in [-0.2, 0) is 10.0 Å². The van der Waals surface area contributed by atoms with Crippen LogP contribution in [-0.4, -0.2) is 31.7 Å². The molecule has 27 heavy (non-hydrogen) atoms. The van der Waals surface area contributed by atoms with Crippen LogP contribution in [0.5, 0.6) is 0 Å². The van der Waals surface area contributed by atoms with E-state index in [0.29, 0.717) is 11.6 Å². The van der Waals surface area contributed by atoms with Crippen molar-refractivity contribution in [2.45, 2.75) is 44.6 Å². The zero-order valence-electron chi connectivity index (χ0n) is 16.2.